The fraction of sp³-hybridized carbons (Fsp3) is 0.188. The zero-order valence-electron chi connectivity index (χ0n) is 10.8. The molecular weight excluding hydrogens is 258 g/mol. The van der Waals surface area contributed by atoms with Crippen LogP contribution in [0.15, 0.2) is 48.5 Å². The smallest absolute Gasteiger partial charge is 0.224 e. The van der Waals surface area contributed by atoms with Gasteiger partial charge in [0.25, 0.3) is 0 Å². The second-order valence-corrected chi connectivity index (χ2v) is 4.92. The van der Waals surface area contributed by atoms with Gasteiger partial charge in [-0.2, -0.15) is 0 Å². The summed E-state index contributed by atoms with van der Waals surface area (Å²) in [7, 11) is 0. The van der Waals surface area contributed by atoms with Crippen molar-refractivity contribution in [2.24, 2.45) is 0 Å². The minimum atomic E-state index is 0.00511. The number of hydrogen-bond donors (Lipinski definition) is 1. The summed E-state index contributed by atoms with van der Waals surface area (Å²) >= 11 is 6.06. The molecule has 1 N–H and O–H groups in total. The van der Waals surface area contributed by atoms with Gasteiger partial charge in [0, 0.05) is 17.1 Å². The molecule has 0 saturated heterocycles. The number of rotatable bonds is 4. The highest BCUT2D eigenvalue weighted by molar-refractivity contribution is 6.31. The number of nitrogens with one attached hydrogen (secondary N) is 1. The van der Waals surface area contributed by atoms with Crippen molar-refractivity contribution in [3.8, 4) is 0 Å². The first kappa shape index (κ1) is 13.6. The lowest BCUT2D eigenvalue weighted by Gasteiger charge is -2.07. The number of halogens is 1. The second-order valence-electron chi connectivity index (χ2n) is 4.51. The van der Waals surface area contributed by atoms with E-state index in [2.05, 4.69) is 5.32 Å². The van der Waals surface area contributed by atoms with E-state index in [-0.39, 0.29) is 5.91 Å². The van der Waals surface area contributed by atoms with E-state index in [1.807, 2.05) is 55.5 Å². The molecule has 0 atom stereocenters. The number of carbonyl (C=O) groups is 1. The summed E-state index contributed by atoms with van der Waals surface area (Å²) in [4.78, 5) is 11.9. The molecule has 19 heavy (non-hydrogen) atoms. The molecule has 2 aromatic rings. The van der Waals surface area contributed by atoms with Crippen molar-refractivity contribution >= 4 is 23.2 Å². The Kier molecular flexibility index (Phi) is 4.58. The van der Waals surface area contributed by atoms with Gasteiger partial charge in [0.2, 0.25) is 5.91 Å². The van der Waals surface area contributed by atoms with E-state index in [1.165, 1.54) is 0 Å². The third-order valence-electron chi connectivity index (χ3n) is 2.88. The molecule has 3 heteroatoms. The number of carbonyl (C=O) groups excluding carboxylic acids is 1. The van der Waals surface area contributed by atoms with Gasteiger partial charge in [0.05, 0.1) is 0 Å². The van der Waals surface area contributed by atoms with Crippen LogP contribution >= 0.6 is 11.6 Å². The van der Waals surface area contributed by atoms with Gasteiger partial charge in [-0.3, -0.25) is 4.79 Å². The molecule has 0 heterocycles. The molecule has 0 bridgehead atoms. The van der Waals surface area contributed by atoms with Gasteiger partial charge in [-0.15, -0.1) is 0 Å². The Labute approximate surface area is 118 Å². The van der Waals surface area contributed by atoms with Crippen molar-refractivity contribution in [2.75, 3.05) is 5.32 Å². The largest absolute Gasteiger partial charge is 0.326 e. The lowest BCUT2D eigenvalue weighted by atomic mass is 10.1. The third-order valence-corrected chi connectivity index (χ3v) is 3.25. The first-order valence-electron chi connectivity index (χ1n) is 6.25. The highest BCUT2D eigenvalue weighted by Crippen LogP contribution is 2.17. The van der Waals surface area contributed by atoms with Crippen LogP contribution in [0.2, 0.25) is 5.02 Å². The summed E-state index contributed by atoms with van der Waals surface area (Å²) in [6.07, 6.45) is 1.08. The number of hydrogen-bond acceptors (Lipinski definition) is 1. The number of amides is 1. The number of benzene rings is 2. The molecule has 1 amide bonds. The van der Waals surface area contributed by atoms with E-state index >= 15 is 0 Å². The van der Waals surface area contributed by atoms with Crippen molar-refractivity contribution in [3.63, 3.8) is 0 Å². The van der Waals surface area contributed by atoms with Crippen molar-refractivity contribution in [2.45, 2.75) is 19.8 Å². The zero-order valence-corrected chi connectivity index (χ0v) is 11.6. The molecule has 0 aliphatic carbocycles. The summed E-state index contributed by atoms with van der Waals surface area (Å²) in [5, 5.41) is 3.60. The van der Waals surface area contributed by atoms with Crippen LogP contribution < -0.4 is 5.32 Å². The molecule has 0 saturated carbocycles. The van der Waals surface area contributed by atoms with Crippen LogP contribution in [0.1, 0.15) is 17.5 Å². The quantitative estimate of drug-likeness (QED) is 0.888. The summed E-state index contributed by atoms with van der Waals surface area (Å²) in [6.45, 7) is 2.00. The molecule has 0 spiro atoms. The number of anilines is 1. The molecule has 2 nitrogen and oxygen atoms in total. The maximum Gasteiger partial charge on any atom is 0.224 e. The Hall–Kier alpha value is -1.80. The minimum Gasteiger partial charge on any atom is -0.326 e. The Bertz CT molecular complexity index is 580. The normalized spacial score (nSPS) is 10.2. The molecule has 0 aliphatic rings. The standard InChI is InChI=1S/C16H16ClNO/c1-12-5-4-7-14(11-12)18-16(19)10-9-13-6-2-3-8-15(13)17/h2-8,11H,9-10H2,1H3,(H,18,19). The first-order chi connectivity index (χ1) is 9.15. The minimum absolute atomic E-state index is 0.00511. The molecule has 0 fully saturated rings. The summed E-state index contributed by atoms with van der Waals surface area (Å²) in [6, 6.07) is 15.4. The molecule has 98 valence electrons. The average Bonchev–Trinajstić information content (AvgIpc) is 2.38. The maximum absolute atomic E-state index is 11.9. The van der Waals surface area contributed by atoms with Crippen LogP contribution in [0.25, 0.3) is 0 Å². The van der Waals surface area contributed by atoms with E-state index in [0.29, 0.717) is 17.9 Å². The van der Waals surface area contributed by atoms with Gasteiger partial charge < -0.3 is 5.32 Å². The first-order valence-corrected chi connectivity index (χ1v) is 6.63. The summed E-state index contributed by atoms with van der Waals surface area (Å²) < 4.78 is 0. The van der Waals surface area contributed by atoms with E-state index in [9.17, 15) is 4.79 Å². The number of aryl methyl sites for hydroxylation is 2. The van der Waals surface area contributed by atoms with E-state index in [0.717, 1.165) is 16.8 Å². The van der Waals surface area contributed by atoms with Crippen molar-refractivity contribution in [1.82, 2.24) is 0 Å². The Balaban J connectivity index is 1.90. The van der Waals surface area contributed by atoms with Gasteiger partial charge in [0.1, 0.15) is 0 Å². The highest BCUT2D eigenvalue weighted by atomic mass is 35.5. The predicted molar refractivity (Wildman–Crippen MR) is 79.6 cm³/mol. The van der Waals surface area contributed by atoms with E-state index in [1.54, 1.807) is 0 Å². The SMILES string of the molecule is Cc1cccc(NC(=O)CCc2ccccc2Cl)c1. The van der Waals surface area contributed by atoms with Crippen LogP contribution in [0.5, 0.6) is 0 Å². The monoisotopic (exact) mass is 273 g/mol. The highest BCUT2D eigenvalue weighted by Gasteiger charge is 2.05. The molecule has 0 aromatic heterocycles. The molecular formula is C16H16ClNO. The molecule has 0 aliphatic heterocycles. The summed E-state index contributed by atoms with van der Waals surface area (Å²) in [5.41, 5.74) is 2.97. The van der Waals surface area contributed by atoms with Crippen LogP contribution in [0.4, 0.5) is 5.69 Å². The average molecular weight is 274 g/mol. The fourth-order valence-electron chi connectivity index (χ4n) is 1.90. The molecule has 0 radical (unpaired) electrons. The van der Waals surface area contributed by atoms with Crippen molar-refractivity contribution < 1.29 is 4.79 Å². The summed E-state index contributed by atoms with van der Waals surface area (Å²) in [5.74, 6) is 0.00511. The second kappa shape index (κ2) is 6.39. The van der Waals surface area contributed by atoms with Crippen molar-refractivity contribution in [1.29, 1.82) is 0 Å². The van der Waals surface area contributed by atoms with Crippen LogP contribution in [-0.4, -0.2) is 5.91 Å². The molecule has 2 rings (SSSR count). The molecule has 2 aromatic carbocycles. The van der Waals surface area contributed by atoms with Gasteiger partial charge in [-0.1, -0.05) is 41.9 Å². The fourth-order valence-corrected chi connectivity index (χ4v) is 2.13. The zero-order chi connectivity index (χ0) is 13.7. The predicted octanol–water partition coefficient (Wildman–Crippen LogP) is 4.22. The van der Waals surface area contributed by atoms with Gasteiger partial charge in [0.15, 0.2) is 0 Å². The van der Waals surface area contributed by atoms with Crippen LogP contribution in [0, 0.1) is 6.92 Å². The van der Waals surface area contributed by atoms with E-state index < -0.39 is 0 Å². The van der Waals surface area contributed by atoms with Crippen LogP contribution in [0.3, 0.4) is 0 Å². The third kappa shape index (κ3) is 4.11. The maximum atomic E-state index is 11.9. The van der Waals surface area contributed by atoms with Gasteiger partial charge in [-0.25, -0.2) is 0 Å². The van der Waals surface area contributed by atoms with Gasteiger partial charge in [-0.05, 0) is 42.7 Å². The topological polar surface area (TPSA) is 29.1 Å². The lowest BCUT2D eigenvalue weighted by molar-refractivity contribution is -0.116. The Morgan fingerprint density at radius 2 is 1.95 bits per heavy atom. The molecule has 0 unspecified atom stereocenters. The lowest BCUT2D eigenvalue weighted by Crippen LogP contribution is -2.12. The Morgan fingerprint density at radius 3 is 2.68 bits per heavy atom. The van der Waals surface area contributed by atoms with Crippen molar-refractivity contribution in [3.05, 3.63) is 64.7 Å². The van der Waals surface area contributed by atoms with E-state index in [4.69, 9.17) is 11.6 Å². The van der Waals surface area contributed by atoms with Gasteiger partial charge >= 0.3 is 0 Å². The van der Waals surface area contributed by atoms with Crippen LogP contribution in [-0.2, 0) is 11.2 Å². The Morgan fingerprint density at radius 1 is 1.16 bits per heavy atom.